The van der Waals surface area contributed by atoms with Gasteiger partial charge in [-0.25, -0.2) is 4.79 Å². The topological polar surface area (TPSA) is 37.3 Å². The molecular formula is C10H12Cl2O2. The van der Waals surface area contributed by atoms with Gasteiger partial charge in [0, 0.05) is 5.02 Å². The third kappa shape index (κ3) is 3.20. The van der Waals surface area contributed by atoms with E-state index >= 15 is 0 Å². The van der Waals surface area contributed by atoms with Crippen LogP contribution in [0.2, 0.25) is 10.0 Å². The average Bonchev–Trinajstić information content (AvgIpc) is 2.04. The van der Waals surface area contributed by atoms with Crippen LogP contribution in [0.3, 0.4) is 0 Å². The summed E-state index contributed by atoms with van der Waals surface area (Å²) in [6.07, 6.45) is 0. The molecule has 0 aromatic heterocycles. The number of rotatable bonds is 1. The van der Waals surface area contributed by atoms with Crippen molar-refractivity contribution in [1.82, 2.24) is 0 Å². The second-order valence-electron chi connectivity index (χ2n) is 2.38. The van der Waals surface area contributed by atoms with Crippen LogP contribution in [-0.4, -0.2) is 11.1 Å². The molecule has 0 radical (unpaired) electrons. The molecule has 1 N–H and O–H groups in total. The van der Waals surface area contributed by atoms with Crippen LogP contribution in [-0.2, 0) is 0 Å². The lowest BCUT2D eigenvalue weighted by molar-refractivity contribution is 0.0696. The van der Waals surface area contributed by atoms with E-state index in [4.69, 9.17) is 28.3 Å². The molecule has 0 spiro atoms. The number of carboxylic acid groups (broad SMARTS) is 1. The SMILES string of the molecule is CC.Cc1cc(Cl)cc(Cl)c1C(=O)O. The van der Waals surface area contributed by atoms with Crippen molar-refractivity contribution < 1.29 is 9.90 Å². The second kappa shape index (κ2) is 5.89. The van der Waals surface area contributed by atoms with Crippen molar-refractivity contribution >= 4 is 29.2 Å². The Balaban J connectivity index is 0.000000791. The molecule has 0 fully saturated rings. The molecule has 0 aliphatic carbocycles. The molecule has 1 aromatic carbocycles. The smallest absolute Gasteiger partial charge is 0.337 e. The number of carbonyl (C=O) groups is 1. The zero-order chi connectivity index (χ0) is 11.3. The third-order valence-corrected chi connectivity index (χ3v) is 1.98. The number of hydrogen-bond acceptors (Lipinski definition) is 1. The highest BCUT2D eigenvalue weighted by Gasteiger charge is 2.12. The first-order valence-corrected chi connectivity index (χ1v) is 4.97. The highest BCUT2D eigenvalue weighted by Crippen LogP contribution is 2.24. The third-order valence-electron chi connectivity index (χ3n) is 1.47. The van der Waals surface area contributed by atoms with Crippen LogP contribution in [0.1, 0.15) is 29.8 Å². The number of aryl methyl sites for hydroxylation is 1. The van der Waals surface area contributed by atoms with Gasteiger partial charge in [0.1, 0.15) is 0 Å². The zero-order valence-electron chi connectivity index (χ0n) is 8.27. The van der Waals surface area contributed by atoms with E-state index in [0.717, 1.165) is 0 Å². The molecule has 0 bridgehead atoms. The van der Waals surface area contributed by atoms with Gasteiger partial charge in [-0.05, 0) is 24.6 Å². The summed E-state index contributed by atoms with van der Waals surface area (Å²) in [5.41, 5.74) is 0.682. The largest absolute Gasteiger partial charge is 0.478 e. The maximum absolute atomic E-state index is 10.6. The van der Waals surface area contributed by atoms with E-state index in [9.17, 15) is 4.79 Å². The maximum Gasteiger partial charge on any atom is 0.337 e. The van der Waals surface area contributed by atoms with E-state index < -0.39 is 5.97 Å². The van der Waals surface area contributed by atoms with Gasteiger partial charge in [-0.1, -0.05) is 37.0 Å². The summed E-state index contributed by atoms with van der Waals surface area (Å²) in [6, 6.07) is 2.98. The van der Waals surface area contributed by atoms with Gasteiger partial charge >= 0.3 is 5.97 Å². The molecule has 0 amide bonds. The first-order valence-electron chi connectivity index (χ1n) is 4.21. The van der Waals surface area contributed by atoms with Crippen molar-refractivity contribution in [3.8, 4) is 0 Å². The molecule has 1 aromatic rings. The van der Waals surface area contributed by atoms with Gasteiger partial charge in [0.15, 0.2) is 0 Å². The molecule has 0 aliphatic heterocycles. The van der Waals surface area contributed by atoms with Crippen LogP contribution >= 0.6 is 23.2 Å². The fourth-order valence-corrected chi connectivity index (χ4v) is 1.65. The number of hydrogen-bond donors (Lipinski definition) is 1. The minimum absolute atomic E-state index is 0.112. The van der Waals surface area contributed by atoms with E-state index in [-0.39, 0.29) is 10.6 Å². The Hall–Kier alpha value is -0.730. The minimum atomic E-state index is -1.03. The lowest BCUT2D eigenvalue weighted by Gasteiger charge is -2.03. The number of halogens is 2. The summed E-state index contributed by atoms with van der Waals surface area (Å²) in [5.74, 6) is -1.03. The Morgan fingerprint density at radius 3 is 2.14 bits per heavy atom. The van der Waals surface area contributed by atoms with Gasteiger partial charge in [0.2, 0.25) is 0 Å². The average molecular weight is 235 g/mol. The van der Waals surface area contributed by atoms with Gasteiger partial charge in [-0.15, -0.1) is 0 Å². The maximum atomic E-state index is 10.6. The lowest BCUT2D eigenvalue weighted by Crippen LogP contribution is -2.00. The summed E-state index contributed by atoms with van der Waals surface area (Å²) in [5, 5.41) is 9.33. The Morgan fingerprint density at radius 2 is 1.79 bits per heavy atom. The normalized spacial score (nSPS) is 8.93. The number of aromatic carboxylic acids is 1. The monoisotopic (exact) mass is 234 g/mol. The summed E-state index contributed by atoms with van der Waals surface area (Å²) in [4.78, 5) is 10.6. The lowest BCUT2D eigenvalue weighted by atomic mass is 10.1. The molecule has 4 heteroatoms. The molecule has 2 nitrogen and oxygen atoms in total. The number of benzene rings is 1. The fourth-order valence-electron chi connectivity index (χ4n) is 0.973. The number of carboxylic acids is 1. The Morgan fingerprint density at radius 1 is 1.29 bits per heavy atom. The minimum Gasteiger partial charge on any atom is -0.478 e. The second-order valence-corrected chi connectivity index (χ2v) is 3.23. The predicted molar refractivity (Wildman–Crippen MR) is 59.5 cm³/mol. The van der Waals surface area contributed by atoms with Crippen molar-refractivity contribution in [3.63, 3.8) is 0 Å². The molecule has 0 heterocycles. The van der Waals surface area contributed by atoms with Crippen molar-refractivity contribution in [2.75, 3.05) is 0 Å². The van der Waals surface area contributed by atoms with E-state index in [1.54, 1.807) is 13.0 Å². The van der Waals surface area contributed by atoms with E-state index in [2.05, 4.69) is 0 Å². The van der Waals surface area contributed by atoms with E-state index in [1.807, 2.05) is 13.8 Å². The summed E-state index contributed by atoms with van der Waals surface area (Å²) in [7, 11) is 0. The Kier molecular flexibility index (Phi) is 5.58. The molecule has 1 rings (SSSR count). The van der Waals surface area contributed by atoms with Crippen LogP contribution in [0.5, 0.6) is 0 Å². The van der Waals surface area contributed by atoms with Crippen molar-refractivity contribution in [3.05, 3.63) is 33.3 Å². The van der Waals surface area contributed by atoms with Crippen molar-refractivity contribution in [2.24, 2.45) is 0 Å². The first kappa shape index (κ1) is 13.3. The van der Waals surface area contributed by atoms with Gasteiger partial charge in [-0.3, -0.25) is 0 Å². The predicted octanol–water partition coefficient (Wildman–Crippen LogP) is 4.03. The standard InChI is InChI=1S/C8H6Cl2O2.C2H6/c1-4-2-5(9)3-6(10)7(4)8(11)12;1-2/h2-3H,1H3,(H,11,12);1-2H3. The van der Waals surface area contributed by atoms with Crippen LogP contribution in [0.15, 0.2) is 12.1 Å². The van der Waals surface area contributed by atoms with Crippen molar-refractivity contribution in [1.29, 1.82) is 0 Å². The Labute approximate surface area is 93.5 Å². The van der Waals surface area contributed by atoms with Crippen LogP contribution in [0.4, 0.5) is 0 Å². The Bertz CT molecular complexity index is 312. The highest BCUT2D eigenvalue weighted by atomic mass is 35.5. The molecule has 78 valence electrons. The zero-order valence-corrected chi connectivity index (χ0v) is 9.78. The van der Waals surface area contributed by atoms with Crippen LogP contribution < -0.4 is 0 Å². The van der Waals surface area contributed by atoms with Gasteiger partial charge < -0.3 is 5.11 Å². The van der Waals surface area contributed by atoms with E-state index in [0.29, 0.717) is 10.6 Å². The van der Waals surface area contributed by atoms with Gasteiger partial charge in [0.05, 0.1) is 10.6 Å². The summed E-state index contributed by atoms with van der Waals surface area (Å²) < 4.78 is 0. The molecule has 0 atom stereocenters. The molecule has 0 aliphatic rings. The molecule has 14 heavy (non-hydrogen) atoms. The molecule has 0 saturated carbocycles. The van der Waals surface area contributed by atoms with Gasteiger partial charge in [-0.2, -0.15) is 0 Å². The van der Waals surface area contributed by atoms with Crippen molar-refractivity contribution in [2.45, 2.75) is 20.8 Å². The fraction of sp³-hybridized carbons (Fsp3) is 0.300. The van der Waals surface area contributed by atoms with Crippen LogP contribution in [0.25, 0.3) is 0 Å². The first-order chi connectivity index (χ1) is 6.52. The summed E-state index contributed by atoms with van der Waals surface area (Å²) in [6.45, 7) is 5.65. The molecule has 0 unspecified atom stereocenters. The van der Waals surface area contributed by atoms with E-state index in [1.165, 1.54) is 6.07 Å². The quantitative estimate of drug-likeness (QED) is 0.797. The van der Waals surface area contributed by atoms with Crippen LogP contribution in [0, 0.1) is 6.92 Å². The molecule has 0 saturated heterocycles. The molecular weight excluding hydrogens is 223 g/mol. The summed E-state index contributed by atoms with van der Waals surface area (Å²) >= 11 is 11.3. The van der Waals surface area contributed by atoms with Gasteiger partial charge in [0.25, 0.3) is 0 Å². The highest BCUT2D eigenvalue weighted by molar-refractivity contribution is 6.36.